The zero-order chi connectivity index (χ0) is 25.9. The molecule has 3 rings (SSSR count). The monoisotopic (exact) mass is 505 g/mol. The molecule has 0 aliphatic rings. The van der Waals surface area contributed by atoms with Crippen LogP contribution in [0.2, 0.25) is 5.02 Å². The minimum absolute atomic E-state index is 0.123. The van der Waals surface area contributed by atoms with Gasteiger partial charge in [0.25, 0.3) is 11.8 Å². The second-order valence-electron chi connectivity index (χ2n) is 7.28. The molecule has 0 spiro atoms. The fourth-order valence-electron chi connectivity index (χ4n) is 3.15. The van der Waals surface area contributed by atoms with Crippen LogP contribution < -0.4 is 24.8 Å². The van der Waals surface area contributed by atoms with E-state index in [1.807, 2.05) is 6.07 Å². The largest absolute Gasteiger partial charge is 0.495 e. The van der Waals surface area contributed by atoms with Gasteiger partial charge < -0.3 is 24.8 Å². The van der Waals surface area contributed by atoms with Crippen LogP contribution in [-0.4, -0.2) is 32.1 Å². The van der Waals surface area contributed by atoms with Crippen LogP contribution in [0.25, 0.3) is 6.08 Å². The minimum atomic E-state index is -0.600. The Morgan fingerprint density at radius 1 is 0.944 bits per heavy atom. The summed E-state index contributed by atoms with van der Waals surface area (Å²) in [5.74, 6) is 0.248. The number of methoxy groups -OCH3 is 1. The van der Waals surface area contributed by atoms with E-state index in [-0.39, 0.29) is 18.1 Å². The zero-order valence-corrected chi connectivity index (χ0v) is 20.5. The Hall–Kier alpha value is -4.48. The van der Waals surface area contributed by atoms with Crippen LogP contribution in [0.15, 0.2) is 72.3 Å². The molecule has 0 atom stereocenters. The third-order valence-electron chi connectivity index (χ3n) is 4.81. The lowest BCUT2D eigenvalue weighted by Crippen LogP contribution is -2.20. The summed E-state index contributed by atoms with van der Waals surface area (Å²) < 4.78 is 16.5. The van der Waals surface area contributed by atoms with E-state index in [9.17, 15) is 14.9 Å². The molecule has 0 radical (unpaired) electrons. The average Bonchev–Trinajstić information content (AvgIpc) is 2.88. The lowest BCUT2D eigenvalue weighted by molar-refractivity contribution is -0.118. The van der Waals surface area contributed by atoms with Crippen molar-refractivity contribution >= 4 is 40.9 Å². The fraction of sp³-hybridized carbons (Fsp3) is 0.148. The smallest absolute Gasteiger partial charge is 0.266 e. The quantitative estimate of drug-likeness (QED) is 0.285. The SMILES string of the molecule is CCOc1cc(/C=C(\C#N)C(=O)Nc2ccccc2Cl)ccc1OCC(=O)Nc1ccccc1OC. The van der Waals surface area contributed by atoms with E-state index in [0.717, 1.165) is 0 Å². The third kappa shape index (κ3) is 7.01. The topological polar surface area (TPSA) is 110 Å². The highest BCUT2D eigenvalue weighted by Crippen LogP contribution is 2.30. The van der Waals surface area contributed by atoms with Gasteiger partial charge in [-0.05, 0) is 55.0 Å². The van der Waals surface area contributed by atoms with E-state index in [4.69, 9.17) is 25.8 Å². The predicted molar refractivity (Wildman–Crippen MR) is 138 cm³/mol. The van der Waals surface area contributed by atoms with Gasteiger partial charge in [0.2, 0.25) is 0 Å². The molecule has 0 saturated heterocycles. The number of rotatable bonds is 10. The number of amides is 2. The highest BCUT2D eigenvalue weighted by Gasteiger charge is 2.14. The molecule has 184 valence electrons. The van der Waals surface area contributed by atoms with Gasteiger partial charge in [-0.25, -0.2) is 0 Å². The van der Waals surface area contributed by atoms with Crippen molar-refractivity contribution in [1.29, 1.82) is 5.26 Å². The Kier molecular flexibility index (Phi) is 9.32. The van der Waals surface area contributed by atoms with Crippen LogP contribution in [0.5, 0.6) is 17.2 Å². The number of carbonyl (C=O) groups excluding carboxylic acids is 2. The summed E-state index contributed by atoms with van der Waals surface area (Å²) in [5.41, 5.74) is 1.34. The molecule has 0 aliphatic heterocycles. The van der Waals surface area contributed by atoms with Gasteiger partial charge in [0, 0.05) is 0 Å². The number of nitrogens with one attached hydrogen (secondary N) is 2. The van der Waals surface area contributed by atoms with Gasteiger partial charge in [0.15, 0.2) is 18.1 Å². The molecular formula is C27H24ClN3O5. The van der Waals surface area contributed by atoms with Crippen LogP contribution in [0.3, 0.4) is 0 Å². The molecule has 0 bridgehead atoms. The Bertz CT molecular complexity index is 1320. The first kappa shape index (κ1) is 26.1. The molecule has 36 heavy (non-hydrogen) atoms. The van der Waals surface area contributed by atoms with Gasteiger partial charge in [-0.1, -0.05) is 41.9 Å². The van der Waals surface area contributed by atoms with Crippen LogP contribution in [0, 0.1) is 11.3 Å². The highest BCUT2D eigenvalue weighted by molar-refractivity contribution is 6.34. The van der Waals surface area contributed by atoms with E-state index in [1.165, 1.54) is 13.2 Å². The summed E-state index contributed by atoms with van der Waals surface area (Å²) >= 11 is 6.08. The first-order chi connectivity index (χ1) is 17.4. The molecule has 0 unspecified atom stereocenters. The van der Waals surface area contributed by atoms with E-state index >= 15 is 0 Å². The van der Waals surface area contributed by atoms with Gasteiger partial charge in [0.05, 0.1) is 30.1 Å². The number of para-hydroxylation sites is 3. The molecule has 2 amide bonds. The normalized spacial score (nSPS) is 10.7. The maximum atomic E-state index is 12.6. The van der Waals surface area contributed by atoms with Crippen LogP contribution in [0.1, 0.15) is 12.5 Å². The average molecular weight is 506 g/mol. The van der Waals surface area contributed by atoms with Crippen molar-refractivity contribution in [3.8, 4) is 23.3 Å². The van der Waals surface area contributed by atoms with Gasteiger partial charge in [-0.3, -0.25) is 9.59 Å². The molecule has 0 fully saturated rings. The maximum Gasteiger partial charge on any atom is 0.266 e. The summed E-state index contributed by atoms with van der Waals surface area (Å²) in [4.78, 5) is 25.0. The number of hydrogen-bond acceptors (Lipinski definition) is 6. The lowest BCUT2D eigenvalue weighted by Gasteiger charge is -2.14. The third-order valence-corrected chi connectivity index (χ3v) is 5.14. The predicted octanol–water partition coefficient (Wildman–Crippen LogP) is 5.31. The van der Waals surface area contributed by atoms with E-state index < -0.39 is 5.91 Å². The minimum Gasteiger partial charge on any atom is -0.495 e. The van der Waals surface area contributed by atoms with Gasteiger partial charge in [0.1, 0.15) is 17.4 Å². The van der Waals surface area contributed by atoms with Gasteiger partial charge >= 0.3 is 0 Å². The van der Waals surface area contributed by atoms with Crippen molar-refractivity contribution in [2.24, 2.45) is 0 Å². The summed E-state index contributed by atoms with van der Waals surface area (Å²) in [6.45, 7) is 1.88. The molecule has 2 N–H and O–H groups in total. The standard InChI is InChI=1S/C27H24ClN3O5/c1-3-35-25-15-18(14-19(16-29)27(33)31-21-9-5-4-8-20(21)28)12-13-24(25)36-17-26(32)30-22-10-6-7-11-23(22)34-2/h4-15H,3,17H2,1-2H3,(H,30,32)(H,31,33)/b19-14+. The van der Waals surface area contributed by atoms with Crippen molar-refractivity contribution in [2.75, 3.05) is 31.0 Å². The van der Waals surface area contributed by atoms with Crippen LogP contribution in [0.4, 0.5) is 11.4 Å². The Morgan fingerprint density at radius 3 is 2.36 bits per heavy atom. The number of nitriles is 1. The lowest BCUT2D eigenvalue weighted by atomic mass is 10.1. The number of anilines is 2. The number of nitrogens with zero attached hydrogens (tertiary/aromatic N) is 1. The van der Waals surface area contributed by atoms with Crippen molar-refractivity contribution in [2.45, 2.75) is 6.92 Å². The first-order valence-electron chi connectivity index (χ1n) is 10.9. The molecule has 0 saturated carbocycles. The molecule has 3 aromatic carbocycles. The van der Waals surface area contributed by atoms with E-state index in [1.54, 1.807) is 73.7 Å². The second kappa shape index (κ2) is 12.8. The van der Waals surface area contributed by atoms with Gasteiger partial charge in [-0.15, -0.1) is 0 Å². The number of hydrogen-bond donors (Lipinski definition) is 2. The Balaban J connectivity index is 1.72. The summed E-state index contributed by atoms with van der Waals surface area (Å²) in [6, 6.07) is 20.5. The molecular weight excluding hydrogens is 482 g/mol. The van der Waals surface area contributed by atoms with E-state index in [0.29, 0.717) is 45.8 Å². The Morgan fingerprint density at radius 2 is 1.67 bits per heavy atom. The van der Waals surface area contributed by atoms with Crippen molar-refractivity contribution in [3.05, 3.63) is 82.9 Å². The van der Waals surface area contributed by atoms with Crippen molar-refractivity contribution < 1.29 is 23.8 Å². The second-order valence-corrected chi connectivity index (χ2v) is 7.69. The summed E-state index contributed by atoms with van der Waals surface area (Å²) in [6.07, 6.45) is 1.42. The van der Waals surface area contributed by atoms with E-state index in [2.05, 4.69) is 10.6 Å². The summed E-state index contributed by atoms with van der Waals surface area (Å²) in [5, 5.41) is 15.2. The van der Waals surface area contributed by atoms with Gasteiger partial charge in [-0.2, -0.15) is 5.26 Å². The number of benzene rings is 3. The fourth-order valence-corrected chi connectivity index (χ4v) is 3.33. The molecule has 0 heterocycles. The molecule has 9 heteroatoms. The zero-order valence-electron chi connectivity index (χ0n) is 19.7. The highest BCUT2D eigenvalue weighted by atomic mass is 35.5. The number of halogens is 1. The maximum absolute atomic E-state index is 12.6. The molecule has 3 aromatic rings. The van der Waals surface area contributed by atoms with Crippen LogP contribution >= 0.6 is 11.6 Å². The Labute approximate surface area is 214 Å². The van der Waals surface area contributed by atoms with Crippen LogP contribution in [-0.2, 0) is 9.59 Å². The first-order valence-corrected chi connectivity index (χ1v) is 11.3. The number of carbonyl (C=O) groups is 2. The molecule has 8 nitrogen and oxygen atoms in total. The van der Waals surface area contributed by atoms with Crippen molar-refractivity contribution in [1.82, 2.24) is 0 Å². The summed E-state index contributed by atoms with van der Waals surface area (Å²) in [7, 11) is 1.52. The van der Waals surface area contributed by atoms with Crippen molar-refractivity contribution in [3.63, 3.8) is 0 Å². The molecule has 0 aromatic heterocycles. The molecule has 0 aliphatic carbocycles. The number of ether oxygens (including phenoxy) is 3.